The maximum atomic E-state index is 12.3. The molecular formula is C23H27F3N2O. The van der Waals surface area contributed by atoms with Gasteiger partial charge in [-0.1, -0.05) is 35.9 Å². The van der Waals surface area contributed by atoms with Crippen LogP contribution < -0.4 is 10.1 Å². The minimum Gasteiger partial charge on any atom is -0.406 e. The van der Waals surface area contributed by atoms with Gasteiger partial charge in [0.1, 0.15) is 5.75 Å². The summed E-state index contributed by atoms with van der Waals surface area (Å²) < 4.78 is 41.0. The van der Waals surface area contributed by atoms with Crippen molar-refractivity contribution in [3.05, 3.63) is 64.7 Å². The summed E-state index contributed by atoms with van der Waals surface area (Å²) in [7, 11) is 0. The van der Waals surface area contributed by atoms with Gasteiger partial charge in [0.15, 0.2) is 0 Å². The van der Waals surface area contributed by atoms with Crippen LogP contribution in [0.5, 0.6) is 5.75 Å². The summed E-state index contributed by atoms with van der Waals surface area (Å²) in [6.07, 6.45) is -4.65. The first-order valence-electron chi connectivity index (χ1n) is 10.1. The Balaban J connectivity index is 1.20. The van der Waals surface area contributed by atoms with Crippen molar-refractivity contribution in [2.24, 2.45) is 17.8 Å². The third-order valence-electron chi connectivity index (χ3n) is 6.18. The van der Waals surface area contributed by atoms with Crippen LogP contribution in [0.25, 0.3) is 0 Å². The van der Waals surface area contributed by atoms with Crippen molar-refractivity contribution in [3.63, 3.8) is 0 Å². The quantitative estimate of drug-likeness (QED) is 0.726. The average Bonchev–Trinajstić information content (AvgIpc) is 3.07. The van der Waals surface area contributed by atoms with Crippen molar-refractivity contribution in [1.29, 1.82) is 0 Å². The number of piperidine rings is 1. The van der Waals surface area contributed by atoms with E-state index in [4.69, 9.17) is 0 Å². The zero-order chi connectivity index (χ0) is 20.6. The van der Waals surface area contributed by atoms with Crippen LogP contribution in [0.1, 0.15) is 22.3 Å². The van der Waals surface area contributed by atoms with Crippen LogP contribution in [0, 0.1) is 31.6 Å². The maximum Gasteiger partial charge on any atom is 0.573 e. The molecule has 6 heteroatoms. The number of hydrogen-bond donors (Lipinski definition) is 1. The smallest absolute Gasteiger partial charge is 0.406 e. The third-order valence-corrected chi connectivity index (χ3v) is 6.18. The molecule has 1 aliphatic heterocycles. The van der Waals surface area contributed by atoms with Gasteiger partial charge in [-0.05, 0) is 67.0 Å². The molecule has 2 aromatic carbocycles. The Kier molecular flexibility index (Phi) is 5.58. The van der Waals surface area contributed by atoms with E-state index in [1.54, 1.807) is 6.07 Å². The molecule has 2 unspecified atom stereocenters. The van der Waals surface area contributed by atoms with Crippen LogP contribution in [0.15, 0.2) is 42.5 Å². The number of benzene rings is 2. The van der Waals surface area contributed by atoms with Gasteiger partial charge in [-0.15, -0.1) is 13.2 Å². The van der Waals surface area contributed by atoms with E-state index < -0.39 is 6.36 Å². The molecule has 0 radical (unpaired) electrons. The summed E-state index contributed by atoms with van der Waals surface area (Å²) in [6, 6.07) is 12.8. The van der Waals surface area contributed by atoms with Gasteiger partial charge >= 0.3 is 6.36 Å². The normalized spacial score (nSPS) is 23.8. The average molecular weight is 404 g/mol. The molecule has 1 N–H and O–H groups in total. The summed E-state index contributed by atoms with van der Waals surface area (Å²) in [5.74, 6) is 2.00. The summed E-state index contributed by atoms with van der Waals surface area (Å²) in [5.41, 5.74) is 4.87. The number of halogens is 3. The van der Waals surface area contributed by atoms with Gasteiger partial charge < -0.3 is 10.1 Å². The number of nitrogens with one attached hydrogen (secondary N) is 1. The largest absolute Gasteiger partial charge is 0.573 e. The van der Waals surface area contributed by atoms with Gasteiger partial charge in [-0.3, -0.25) is 4.90 Å². The molecule has 0 aromatic heterocycles. The van der Waals surface area contributed by atoms with E-state index in [1.165, 1.54) is 28.8 Å². The van der Waals surface area contributed by atoms with E-state index >= 15 is 0 Å². The highest BCUT2D eigenvalue weighted by Crippen LogP contribution is 2.51. The third kappa shape index (κ3) is 5.11. The number of fused-ring (bicyclic) bond motifs is 1. The lowest BCUT2D eigenvalue weighted by Gasteiger charge is -2.21. The lowest BCUT2D eigenvalue weighted by Crippen LogP contribution is -2.27. The van der Waals surface area contributed by atoms with Crippen molar-refractivity contribution in [1.82, 2.24) is 10.2 Å². The number of likely N-dealkylation sites (tertiary alicyclic amines) is 1. The van der Waals surface area contributed by atoms with Crippen molar-refractivity contribution in [3.8, 4) is 5.75 Å². The number of ether oxygens (including phenoxy) is 1. The molecule has 0 spiro atoms. The van der Waals surface area contributed by atoms with Crippen molar-refractivity contribution in [2.75, 3.05) is 19.6 Å². The molecule has 0 bridgehead atoms. The molecule has 2 aromatic rings. The first-order valence-corrected chi connectivity index (χ1v) is 10.1. The van der Waals surface area contributed by atoms with Crippen molar-refractivity contribution in [2.45, 2.75) is 33.3 Å². The molecule has 1 heterocycles. The molecule has 0 amide bonds. The van der Waals surface area contributed by atoms with Gasteiger partial charge in [0.2, 0.25) is 0 Å². The first kappa shape index (κ1) is 20.2. The zero-order valence-corrected chi connectivity index (χ0v) is 16.8. The van der Waals surface area contributed by atoms with Crippen molar-refractivity contribution < 1.29 is 17.9 Å². The summed E-state index contributed by atoms with van der Waals surface area (Å²) in [6.45, 7) is 9.07. The van der Waals surface area contributed by atoms with Gasteiger partial charge in [0.25, 0.3) is 0 Å². The molecular weight excluding hydrogens is 377 g/mol. The standard InChI is InChI=1S/C23H27F3N2O/c1-15-6-7-18(16(2)8-15)12-28-13-21-20(22(21)14-28)11-27-10-17-4-3-5-19(9-17)29-23(24,25)26/h3-9,20-22,27H,10-14H2,1-2H3. The van der Waals surface area contributed by atoms with Crippen LogP contribution in [-0.4, -0.2) is 30.9 Å². The molecule has 2 fully saturated rings. The second-order valence-corrected chi connectivity index (χ2v) is 8.44. The van der Waals surface area contributed by atoms with Gasteiger partial charge in [-0.25, -0.2) is 0 Å². The maximum absolute atomic E-state index is 12.3. The van der Waals surface area contributed by atoms with Crippen LogP contribution in [0.2, 0.25) is 0 Å². The Morgan fingerprint density at radius 3 is 2.52 bits per heavy atom. The molecule has 2 aliphatic rings. The molecule has 2 atom stereocenters. The Morgan fingerprint density at radius 1 is 1.07 bits per heavy atom. The zero-order valence-electron chi connectivity index (χ0n) is 16.8. The minimum absolute atomic E-state index is 0.165. The van der Waals surface area contributed by atoms with Gasteiger partial charge in [-0.2, -0.15) is 0 Å². The molecule has 29 heavy (non-hydrogen) atoms. The summed E-state index contributed by atoms with van der Waals surface area (Å²) in [4.78, 5) is 2.54. The Labute approximate surface area is 169 Å². The SMILES string of the molecule is Cc1ccc(CN2CC3C(CNCc4cccc(OC(F)(F)F)c4)C3C2)c(C)c1. The molecule has 1 saturated carbocycles. The van der Waals surface area contributed by atoms with Crippen LogP contribution in [-0.2, 0) is 13.1 Å². The Morgan fingerprint density at radius 2 is 1.83 bits per heavy atom. The van der Waals surface area contributed by atoms with Crippen LogP contribution >= 0.6 is 0 Å². The van der Waals surface area contributed by atoms with E-state index in [0.29, 0.717) is 12.5 Å². The lowest BCUT2D eigenvalue weighted by molar-refractivity contribution is -0.274. The monoisotopic (exact) mass is 404 g/mol. The Bertz CT molecular complexity index is 855. The predicted octanol–water partition coefficient (Wildman–Crippen LogP) is 4.67. The second kappa shape index (κ2) is 8.00. The minimum atomic E-state index is -4.65. The number of aryl methyl sites for hydroxylation is 2. The van der Waals surface area contributed by atoms with E-state index in [9.17, 15) is 13.2 Å². The summed E-state index contributed by atoms with van der Waals surface area (Å²) in [5, 5.41) is 3.41. The van der Waals surface area contributed by atoms with Crippen molar-refractivity contribution >= 4 is 0 Å². The molecule has 4 rings (SSSR count). The van der Waals surface area contributed by atoms with Crippen LogP contribution in [0.3, 0.4) is 0 Å². The lowest BCUT2D eigenvalue weighted by atomic mass is 10.1. The topological polar surface area (TPSA) is 24.5 Å². The van der Waals surface area contributed by atoms with Crippen LogP contribution in [0.4, 0.5) is 13.2 Å². The first-order chi connectivity index (χ1) is 13.8. The van der Waals surface area contributed by atoms with Gasteiger partial charge in [0.05, 0.1) is 0 Å². The molecule has 1 saturated heterocycles. The highest BCUT2D eigenvalue weighted by molar-refractivity contribution is 5.31. The number of rotatable bonds is 7. The van der Waals surface area contributed by atoms with E-state index in [2.05, 4.69) is 47.0 Å². The van der Waals surface area contributed by atoms with E-state index in [-0.39, 0.29) is 5.75 Å². The Hall–Kier alpha value is -2.05. The second-order valence-electron chi connectivity index (χ2n) is 8.44. The summed E-state index contributed by atoms with van der Waals surface area (Å²) >= 11 is 0. The number of alkyl halides is 3. The fourth-order valence-corrected chi connectivity index (χ4v) is 4.67. The van der Waals surface area contributed by atoms with Gasteiger partial charge in [0, 0.05) is 26.2 Å². The molecule has 156 valence electrons. The molecule has 1 aliphatic carbocycles. The number of hydrogen-bond acceptors (Lipinski definition) is 3. The van der Waals surface area contributed by atoms with E-state index in [1.807, 2.05) is 6.07 Å². The van der Waals surface area contributed by atoms with E-state index in [0.717, 1.165) is 43.6 Å². The molecule has 3 nitrogen and oxygen atoms in total. The highest BCUT2D eigenvalue weighted by Gasteiger charge is 2.54. The fourth-order valence-electron chi connectivity index (χ4n) is 4.67. The highest BCUT2D eigenvalue weighted by atomic mass is 19.4. The number of nitrogens with zero attached hydrogens (tertiary/aromatic N) is 1. The predicted molar refractivity (Wildman–Crippen MR) is 106 cm³/mol. The fraction of sp³-hybridized carbons (Fsp3) is 0.478.